The van der Waals surface area contributed by atoms with Gasteiger partial charge in [0.15, 0.2) is 0 Å². The number of anilines is 1. The Morgan fingerprint density at radius 1 is 1.53 bits per heavy atom. The van der Waals surface area contributed by atoms with Crippen molar-refractivity contribution in [3.8, 4) is 0 Å². The van der Waals surface area contributed by atoms with Crippen molar-refractivity contribution in [2.45, 2.75) is 19.4 Å². The van der Waals surface area contributed by atoms with Crippen LogP contribution in [0.3, 0.4) is 0 Å². The molecule has 0 saturated heterocycles. The van der Waals surface area contributed by atoms with Crippen LogP contribution >= 0.6 is 27.5 Å². The van der Waals surface area contributed by atoms with Crippen molar-refractivity contribution in [2.75, 3.05) is 5.32 Å². The predicted molar refractivity (Wildman–Crippen MR) is 64.1 cm³/mol. The van der Waals surface area contributed by atoms with E-state index in [1.165, 1.54) is 13.8 Å². The average molecular weight is 293 g/mol. The lowest BCUT2D eigenvalue weighted by Crippen LogP contribution is -2.36. The highest BCUT2D eigenvalue weighted by atomic mass is 79.9. The molecule has 0 aliphatic carbocycles. The first kappa shape index (κ1) is 12.5. The summed E-state index contributed by atoms with van der Waals surface area (Å²) in [6.45, 7) is 2.83. The van der Waals surface area contributed by atoms with Gasteiger partial charge in [-0.1, -0.05) is 11.6 Å². The van der Waals surface area contributed by atoms with E-state index < -0.39 is 11.5 Å². The summed E-state index contributed by atoms with van der Waals surface area (Å²) in [4.78, 5) is 11.5. The van der Waals surface area contributed by atoms with Gasteiger partial charge in [-0.3, -0.25) is 4.79 Å². The molecule has 0 aromatic heterocycles. The average Bonchev–Trinajstić information content (AvgIpc) is 2.09. The van der Waals surface area contributed by atoms with Gasteiger partial charge < -0.3 is 10.4 Å². The zero-order chi connectivity index (χ0) is 11.6. The Morgan fingerprint density at radius 3 is 2.67 bits per heavy atom. The molecule has 82 valence electrons. The Hall–Kier alpha value is -0.580. The first-order valence-corrected chi connectivity index (χ1v) is 5.46. The number of benzene rings is 1. The van der Waals surface area contributed by atoms with E-state index in [4.69, 9.17) is 11.6 Å². The highest BCUT2D eigenvalue weighted by molar-refractivity contribution is 9.10. The molecule has 0 aliphatic heterocycles. The maximum Gasteiger partial charge on any atom is 0.255 e. The van der Waals surface area contributed by atoms with Gasteiger partial charge in [-0.15, -0.1) is 0 Å². The smallest absolute Gasteiger partial charge is 0.255 e. The molecule has 3 nitrogen and oxygen atoms in total. The summed E-state index contributed by atoms with van der Waals surface area (Å²) in [5, 5.41) is 12.5. The number of hydrogen-bond donors (Lipinski definition) is 2. The van der Waals surface area contributed by atoms with Crippen LogP contribution in [0.15, 0.2) is 22.7 Å². The van der Waals surface area contributed by atoms with Crippen LogP contribution in [0.4, 0.5) is 5.69 Å². The van der Waals surface area contributed by atoms with Crippen molar-refractivity contribution in [2.24, 2.45) is 0 Å². The van der Waals surface area contributed by atoms with Crippen molar-refractivity contribution in [3.05, 3.63) is 27.7 Å². The second-order valence-corrected chi connectivity index (χ2v) is 4.93. The van der Waals surface area contributed by atoms with E-state index in [9.17, 15) is 9.90 Å². The largest absolute Gasteiger partial charge is 0.381 e. The van der Waals surface area contributed by atoms with Gasteiger partial charge in [0.1, 0.15) is 5.60 Å². The summed E-state index contributed by atoms with van der Waals surface area (Å²) in [6.07, 6.45) is 0. The van der Waals surface area contributed by atoms with Crippen LogP contribution in [0, 0.1) is 0 Å². The number of carbonyl (C=O) groups excluding carboxylic acids is 1. The molecule has 1 amide bonds. The quantitative estimate of drug-likeness (QED) is 0.880. The molecule has 0 heterocycles. The van der Waals surface area contributed by atoms with Crippen LogP contribution in [0.5, 0.6) is 0 Å². The monoisotopic (exact) mass is 291 g/mol. The SMILES string of the molecule is CC(C)(O)C(=O)Nc1cc(Cl)ccc1Br. The van der Waals surface area contributed by atoms with Crippen LogP contribution in [-0.4, -0.2) is 16.6 Å². The number of nitrogens with one attached hydrogen (secondary N) is 1. The number of halogens is 2. The molecule has 0 aliphatic rings. The van der Waals surface area contributed by atoms with Crippen molar-refractivity contribution in [1.29, 1.82) is 0 Å². The van der Waals surface area contributed by atoms with Gasteiger partial charge in [-0.25, -0.2) is 0 Å². The van der Waals surface area contributed by atoms with Crippen LogP contribution in [-0.2, 0) is 4.79 Å². The Morgan fingerprint density at radius 2 is 2.13 bits per heavy atom. The number of aliphatic hydroxyl groups is 1. The Kier molecular flexibility index (Phi) is 3.76. The number of hydrogen-bond acceptors (Lipinski definition) is 2. The zero-order valence-electron chi connectivity index (χ0n) is 8.34. The molecular formula is C10H11BrClNO2. The molecule has 0 unspecified atom stereocenters. The molecule has 0 bridgehead atoms. The summed E-state index contributed by atoms with van der Waals surface area (Å²) in [5.41, 5.74) is -0.878. The van der Waals surface area contributed by atoms with E-state index in [0.29, 0.717) is 15.2 Å². The van der Waals surface area contributed by atoms with Gasteiger partial charge >= 0.3 is 0 Å². The highest BCUT2D eigenvalue weighted by Crippen LogP contribution is 2.26. The third-order valence-electron chi connectivity index (χ3n) is 1.73. The van der Waals surface area contributed by atoms with Gasteiger partial charge in [-0.2, -0.15) is 0 Å². The minimum atomic E-state index is -1.41. The summed E-state index contributed by atoms with van der Waals surface area (Å²) in [7, 11) is 0. The molecular weight excluding hydrogens is 281 g/mol. The van der Waals surface area contributed by atoms with Crippen LogP contribution in [0.2, 0.25) is 5.02 Å². The summed E-state index contributed by atoms with van der Waals surface area (Å²) in [6, 6.07) is 5.03. The van der Waals surface area contributed by atoms with Crippen molar-refractivity contribution >= 4 is 39.1 Å². The van der Waals surface area contributed by atoms with E-state index in [-0.39, 0.29) is 0 Å². The standard InChI is InChI=1S/C10H11BrClNO2/c1-10(2,15)9(14)13-8-5-6(12)3-4-7(8)11/h3-5,15H,1-2H3,(H,13,14). The Labute approximate surface area is 102 Å². The van der Waals surface area contributed by atoms with Gasteiger partial charge in [0.25, 0.3) is 5.91 Å². The third kappa shape index (κ3) is 3.48. The first-order chi connectivity index (χ1) is 6.80. The molecule has 1 aromatic rings. The number of carbonyl (C=O) groups is 1. The molecule has 1 aromatic carbocycles. The number of amides is 1. The molecule has 0 saturated carbocycles. The fourth-order valence-electron chi connectivity index (χ4n) is 0.869. The molecule has 0 radical (unpaired) electrons. The maximum atomic E-state index is 11.5. The van der Waals surface area contributed by atoms with Gasteiger partial charge in [0.2, 0.25) is 0 Å². The van der Waals surface area contributed by atoms with Gasteiger partial charge in [0, 0.05) is 9.50 Å². The summed E-state index contributed by atoms with van der Waals surface area (Å²) < 4.78 is 0.713. The molecule has 0 spiro atoms. The zero-order valence-corrected chi connectivity index (χ0v) is 10.7. The fourth-order valence-corrected chi connectivity index (χ4v) is 1.39. The lowest BCUT2D eigenvalue weighted by Gasteiger charge is -2.17. The topological polar surface area (TPSA) is 49.3 Å². The minimum absolute atomic E-state index is 0.481. The van der Waals surface area contributed by atoms with E-state index in [2.05, 4.69) is 21.2 Å². The van der Waals surface area contributed by atoms with Crippen LogP contribution in [0.1, 0.15) is 13.8 Å². The van der Waals surface area contributed by atoms with Crippen LogP contribution < -0.4 is 5.32 Å². The molecule has 15 heavy (non-hydrogen) atoms. The lowest BCUT2D eigenvalue weighted by molar-refractivity contribution is -0.130. The second kappa shape index (κ2) is 4.51. The minimum Gasteiger partial charge on any atom is -0.381 e. The highest BCUT2D eigenvalue weighted by Gasteiger charge is 2.24. The van der Waals surface area contributed by atoms with Crippen molar-refractivity contribution in [3.63, 3.8) is 0 Å². The van der Waals surface area contributed by atoms with Gasteiger partial charge in [-0.05, 0) is 48.0 Å². The molecule has 0 fully saturated rings. The van der Waals surface area contributed by atoms with E-state index >= 15 is 0 Å². The summed E-state index contributed by atoms with van der Waals surface area (Å²) in [5.74, 6) is -0.481. The van der Waals surface area contributed by atoms with Crippen molar-refractivity contribution in [1.82, 2.24) is 0 Å². The summed E-state index contributed by atoms with van der Waals surface area (Å²) >= 11 is 9.05. The molecule has 2 N–H and O–H groups in total. The molecule has 5 heteroatoms. The fraction of sp³-hybridized carbons (Fsp3) is 0.300. The Bertz CT molecular complexity index is 387. The second-order valence-electron chi connectivity index (χ2n) is 3.64. The Balaban J connectivity index is 2.90. The maximum absolute atomic E-state index is 11.5. The van der Waals surface area contributed by atoms with E-state index in [0.717, 1.165) is 0 Å². The molecule has 0 atom stereocenters. The predicted octanol–water partition coefficient (Wildman–Crippen LogP) is 2.81. The third-order valence-corrected chi connectivity index (χ3v) is 2.66. The van der Waals surface area contributed by atoms with E-state index in [1.807, 2.05) is 0 Å². The van der Waals surface area contributed by atoms with Gasteiger partial charge in [0.05, 0.1) is 5.69 Å². The number of rotatable bonds is 2. The lowest BCUT2D eigenvalue weighted by atomic mass is 10.1. The van der Waals surface area contributed by atoms with Crippen molar-refractivity contribution < 1.29 is 9.90 Å². The molecule has 1 rings (SSSR count). The van der Waals surface area contributed by atoms with E-state index in [1.54, 1.807) is 18.2 Å². The first-order valence-electron chi connectivity index (χ1n) is 4.29. The van der Waals surface area contributed by atoms with Crippen LogP contribution in [0.25, 0.3) is 0 Å². The normalized spacial score (nSPS) is 11.3.